The summed E-state index contributed by atoms with van der Waals surface area (Å²) in [6.45, 7) is 8.11. The van der Waals surface area contributed by atoms with E-state index in [9.17, 15) is 9.59 Å². The van der Waals surface area contributed by atoms with Gasteiger partial charge >= 0.3 is 0 Å². The number of carbonyl (C=O) groups is 2. The highest BCUT2D eigenvalue weighted by molar-refractivity contribution is 5.85. The Morgan fingerprint density at radius 1 is 1.00 bits per heavy atom. The fourth-order valence-corrected chi connectivity index (χ4v) is 1.47. The Labute approximate surface area is 116 Å². The van der Waals surface area contributed by atoms with Gasteiger partial charge in [0.25, 0.3) is 0 Å². The Kier molecular flexibility index (Phi) is 13.7. The number of carbonyl (C=O) groups excluding carboxylic acids is 2. The summed E-state index contributed by atoms with van der Waals surface area (Å²) in [5, 5.41) is 8.76. The molecule has 0 unspecified atom stereocenters. The van der Waals surface area contributed by atoms with E-state index in [0.29, 0.717) is 32.4 Å². The Morgan fingerprint density at radius 3 is 2.06 bits per heavy atom. The summed E-state index contributed by atoms with van der Waals surface area (Å²) < 4.78 is 0. The van der Waals surface area contributed by atoms with Crippen molar-refractivity contribution in [2.75, 3.05) is 19.6 Å². The van der Waals surface area contributed by atoms with Crippen molar-refractivity contribution >= 4 is 24.2 Å². The molecule has 0 aliphatic heterocycles. The van der Waals surface area contributed by atoms with Crippen LogP contribution in [-0.4, -0.2) is 37.5 Å². The minimum absolute atomic E-state index is 0. The van der Waals surface area contributed by atoms with Gasteiger partial charge in [-0.25, -0.2) is 0 Å². The fraction of sp³-hybridized carbons (Fsp3) is 0.833. The third kappa shape index (κ3) is 11.7. The van der Waals surface area contributed by atoms with Crippen LogP contribution in [0.3, 0.4) is 0 Å². The van der Waals surface area contributed by atoms with E-state index in [1.807, 2.05) is 20.8 Å². The molecule has 0 bridgehead atoms. The summed E-state index contributed by atoms with van der Waals surface area (Å²) in [5.41, 5.74) is 0. The zero-order chi connectivity index (χ0) is 13.1. The van der Waals surface area contributed by atoms with E-state index in [1.165, 1.54) is 0 Å². The molecule has 18 heavy (non-hydrogen) atoms. The lowest BCUT2D eigenvalue weighted by molar-refractivity contribution is -0.122. The first-order valence-corrected chi connectivity index (χ1v) is 6.36. The van der Waals surface area contributed by atoms with Gasteiger partial charge in [0.1, 0.15) is 0 Å². The number of halogens is 1. The molecule has 0 saturated heterocycles. The van der Waals surface area contributed by atoms with Gasteiger partial charge in [-0.3, -0.25) is 9.59 Å². The molecular formula is C12H26ClN3O2. The Morgan fingerprint density at radius 2 is 1.56 bits per heavy atom. The van der Waals surface area contributed by atoms with E-state index in [2.05, 4.69) is 16.0 Å². The van der Waals surface area contributed by atoms with Crippen molar-refractivity contribution in [3.63, 3.8) is 0 Å². The van der Waals surface area contributed by atoms with Gasteiger partial charge in [0, 0.05) is 32.0 Å². The highest BCUT2D eigenvalue weighted by atomic mass is 35.5. The summed E-state index contributed by atoms with van der Waals surface area (Å²) in [4.78, 5) is 22.5. The van der Waals surface area contributed by atoms with E-state index >= 15 is 0 Å². The van der Waals surface area contributed by atoms with E-state index in [4.69, 9.17) is 0 Å². The number of likely N-dealkylation sites (N-methyl/N-ethyl adjacent to an activating group) is 1. The van der Waals surface area contributed by atoms with Crippen LogP contribution in [0.1, 0.15) is 40.0 Å². The van der Waals surface area contributed by atoms with Gasteiger partial charge in [-0.15, -0.1) is 12.4 Å². The Bertz CT molecular complexity index is 237. The van der Waals surface area contributed by atoms with Crippen molar-refractivity contribution in [3.05, 3.63) is 0 Å². The average molecular weight is 280 g/mol. The molecule has 5 nitrogen and oxygen atoms in total. The van der Waals surface area contributed by atoms with Gasteiger partial charge in [0.2, 0.25) is 11.8 Å². The smallest absolute Gasteiger partial charge is 0.220 e. The van der Waals surface area contributed by atoms with Crippen molar-refractivity contribution in [1.82, 2.24) is 16.0 Å². The Hall–Kier alpha value is -0.810. The number of rotatable bonds is 9. The highest BCUT2D eigenvalue weighted by Crippen LogP contribution is 1.95. The quantitative estimate of drug-likeness (QED) is 0.585. The SMILES string of the molecule is CCNC(=O)CCCC(=O)NC[C@@H](C)NCC.Cl. The van der Waals surface area contributed by atoms with Crippen LogP contribution < -0.4 is 16.0 Å². The molecule has 0 spiro atoms. The predicted octanol–water partition coefficient (Wildman–Crippen LogP) is 0.829. The summed E-state index contributed by atoms with van der Waals surface area (Å²) in [6.07, 6.45) is 1.44. The molecule has 1 atom stereocenters. The molecule has 6 heteroatoms. The van der Waals surface area contributed by atoms with Gasteiger partial charge in [-0.1, -0.05) is 6.92 Å². The molecule has 108 valence electrons. The molecular weight excluding hydrogens is 254 g/mol. The van der Waals surface area contributed by atoms with Gasteiger partial charge in [0.05, 0.1) is 0 Å². The van der Waals surface area contributed by atoms with Crippen molar-refractivity contribution in [2.45, 2.75) is 46.1 Å². The minimum atomic E-state index is 0. The average Bonchev–Trinajstić information content (AvgIpc) is 2.27. The third-order valence-electron chi connectivity index (χ3n) is 2.34. The maximum absolute atomic E-state index is 11.4. The number of nitrogens with one attached hydrogen (secondary N) is 3. The summed E-state index contributed by atoms with van der Waals surface area (Å²) in [7, 11) is 0. The van der Waals surface area contributed by atoms with Crippen LogP contribution in [0.5, 0.6) is 0 Å². The largest absolute Gasteiger partial charge is 0.356 e. The van der Waals surface area contributed by atoms with Crippen molar-refractivity contribution < 1.29 is 9.59 Å². The van der Waals surface area contributed by atoms with Crippen LogP contribution >= 0.6 is 12.4 Å². The lowest BCUT2D eigenvalue weighted by Crippen LogP contribution is -2.38. The summed E-state index contributed by atoms with van der Waals surface area (Å²) >= 11 is 0. The molecule has 0 aromatic carbocycles. The fourth-order valence-electron chi connectivity index (χ4n) is 1.47. The van der Waals surface area contributed by atoms with Crippen LogP contribution in [0.25, 0.3) is 0 Å². The van der Waals surface area contributed by atoms with Gasteiger partial charge in [0.15, 0.2) is 0 Å². The summed E-state index contributed by atoms with van der Waals surface area (Å²) in [5.74, 6) is 0.0281. The van der Waals surface area contributed by atoms with Crippen molar-refractivity contribution in [1.29, 1.82) is 0 Å². The van der Waals surface area contributed by atoms with E-state index < -0.39 is 0 Å². The number of hydrogen-bond acceptors (Lipinski definition) is 3. The monoisotopic (exact) mass is 279 g/mol. The number of amides is 2. The van der Waals surface area contributed by atoms with Gasteiger partial charge in [-0.05, 0) is 26.8 Å². The molecule has 0 radical (unpaired) electrons. The first-order chi connectivity index (χ1) is 8.10. The van der Waals surface area contributed by atoms with E-state index in [1.54, 1.807) is 0 Å². The maximum Gasteiger partial charge on any atom is 0.220 e. The summed E-state index contributed by atoms with van der Waals surface area (Å²) in [6, 6.07) is 0.285. The topological polar surface area (TPSA) is 70.2 Å². The van der Waals surface area contributed by atoms with Crippen molar-refractivity contribution in [3.8, 4) is 0 Å². The van der Waals surface area contributed by atoms with Crippen LogP contribution in [-0.2, 0) is 9.59 Å². The van der Waals surface area contributed by atoms with Crippen LogP contribution in [0.2, 0.25) is 0 Å². The lowest BCUT2D eigenvalue weighted by atomic mass is 10.2. The second kappa shape index (κ2) is 12.6. The molecule has 0 aliphatic carbocycles. The third-order valence-corrected chi connectivity index (χ3v) is 2.34. The second-order valence-electron chi connectivity index (χ2n) is 4.07. The van der Waals surface area contributed by atoms with Crippen LogP contribution in [0.4, 0.5) is 0 Å². The second-order valence-corrected chi connectivity index (χ2v) is 4.07. The van der Waals surface area contributed by atoms with Gasteiger partial charge < -0.3 is 16.0 Å². The zero-order valence-electron chi connectivity index (χ0n) is 11.5. The molecule has 0 aromatic rings. The standard InChI is InChI=1S/C12H25N3O2.ClH/c1-4-13-10(3)9-15-12(17)8-6-7-11(16)14-5-2;/h10,13H,4-9H2,1-3H3,(H,14,16)(H,15,17);1H/t10-;/m1./s1. The molecule has 0 heterocycles. The lowest BCUT2D eigenvalue weighted by Gasteiger charge is -2.13. The molecule has 0 aliphatic rings. The first kappa shape index (κ1) is 19.5. The van der Waals surface area contributed by atoms with Gasteiger partial charge in [-0.2, -0.15) is 0 Å². The normalized spacial score (nSPS) is 11.3. The molecule has 0 saturated carbocycles. The van der Waals surface area contributed by atoms with Crippen LogP contribution in [0, 0.1) is 0 Å². The Balaban J connectivity index is 0. The van der Waals surface area contributed by atoms with E-state index in [-0.39, 0.29) is 30.3 Å². The first-order valence-electron chi connectivity index (χ1n) is 6.36. The van der Waals surface area contributed by atoms with E-state index in [0.717, 1.165) is 6.54 Å². The molecule has 0 rings (SSSR count). The molecule has 0 fully saturated rings. The number of hydrogen-bond donors (Lipinski definition) is 3. The molecule has 2 amide bonds. The highest BCUT2D eigenvalue weighted by Gasteiger charge is 2.05. The maximum atomic E-state index is 11.4. The molecule has 3 N–H and O–H groups in total. The molecule has 0 aromatic heterocycles. The van der Waals surface area contributed by atoms with Crippen LogP contribution in [0.15, 0.2) is 0 Å². The predicted molar refractivity (Wildman–Crippen MR) is 75.9 cm³/mol. The zero-order valence-corrected chi connectivity index (χ0v) is 12.4. The van der Waals surface area contributed by atoms with Crippen molar-refractivity contribution in [2.24, 2.45) is 0 Å². The minimum Gasteiger partial charge on any atom is -0.356 e.